The van der Waals surface area contributed by atoms with Crippen molar-refractivity contribution < 1.29 is 0 Å². The number of hydrogen-bond donors (Lipinski definition) is 0. The van der Waals surface area contributed by atoms with E-state index in [-0.39, 0.29) is 0 Å². The van der Waals surface area contributed by atoms with Gasteiger partial charge in [0.15, 0.2) is 0 Å². The van der Waals surface area contributed by atoms with E-state index in [9.17, 15) is 0 Å². The fourth-order valence-electron chi connectivity index (χ4n) is 3.44. The summed E-state index contributed by atoms with van der Waals surface area (Å²) in [7, 11) is 0. The van der Waals surface area contributed by atoms with E-state index in [4.69, 9.17) is 0 Å². The lowest BCUT2D eigenvalue weighted by Gasteiger charge is -2.16. The van der Waals surface area contributed by atoms with Gasteiger partial charge in [0, 0.05) is 36.9 Å². The largest absolute Gasteiger partial charge is 0.297 e. The minimum absolute atomic E-state index is 0.508. The Morgan fingerprint density at radius 3 is 2.91 bits per heavy atom. The van der Waals surface area contributed by atoms with Gasteiger partial charge in [-0.3, -0.25) is 14.6 Å². The van der Waals surface area contributed by atoms with E-state index in [2.05, 4.69) is 63.1 Å². The maximum atomic E-state index is 4.58. The summed E-state index contributed by atoms with van der Waals surface area (Å²) in [5, 5.41) is 5.70. The molecule has 1 saturated heterocycles. The topological polar surface area (TPSA) is 34.0 Å². The van der Waals surface area contributed by atoms with Crippen LogP contribution in [-0.2, 0) is 6.54 Å². The van der Waals surface area contributed by atoms with Crippen LogP contribution < -0.4 is 0 Å². The predicted octanol–water partition coefficient (Wildman–Crippen LogP) is 3.50. The number of aromatic nitrogens is 3. The van der Waals surface area contributed by atoms with Crippen LogP contribution in [0.15, 0.2) is 42.7 Å². The standard InChI is InChI=1S/C19H22N4/c1-14-10-20-23(11-14)18-7-8-22(13-18)12-16-4-6-19-17(9-16)5-3-15(2)21-19/h3-6,9-11,18H,7-8,12-13H2,1-2H3. The number of rotatable bonds is 3. The summed E-state index contributed by atoms with van der Waals surface area (Å²) in [5.74, 6) is 0. The van der Waals surface area contributed by atoms with Crippen molar-refractivity contribution in [1.29, 1.82) is 0 Å². The Morgan fingerprint density at radius 1 is 1.17 bits per heavy atom. The van der Waals surface area contributed by atoms with E-state index in [1.165, 1.54) is 22.9 Å². The van der Waals surface area contributed by atoms with Crippen molar-refractivity contribution in [3.8, 4) is 0 Å². The number of benzene rings is 1. The predicted molar refractivity (Wildman–Crippen MR) is 92.4 cm³/mol. The quantitative estimate of drug-likeness (QED) is 0.743. The summed E-state index contributed by atoms with van der Waals surface area (Å²) in [6, 6.07) is 11.4. The number of pyridine rings is 1. The molecule has 1 aromatic carbocycles. The molecule has 0 radical (unpaired) electrons. The fourth-order valence-corrected chi connectivity index (χ4v) is 3.44. The summed E-state index contributed by atoms with van der Waals surface area (Å²) >= 11 is 0. The second kappa shape index (κ2) is 5.78. The zero-order chi connectivity index (χ0) is 15.8. The van der Waals surface area contributed by atoms with E-state index in [1.807, 2.05) is 13.1 Å². The first-order valence-electron chi connectivity index (χ1n) is 8.27. The van der Waals surface area contributed by atoms with Crippen LogP contribution in [0, 0.1) is 13.8 Å². The monoisotopic (exact) mass is 306 g/mol. The summed E-state index contributed by atoms with van der Waals surface area (Å²) in [5.41, 5.74) is 4.75. The van der Waals surface area contributed by atoms with Gasteiger partial charge < -0.3 is 0 Å². The van der Waals surface area contributed by atoms with Crippen LogP contribution in [0.5, 0.6) is 0 Å². The van der Waals surface area contributed by atoms with Gasteiger partial charge in [-0.25, -0.2) is 0 Å². The molecule has 2 aromatic heterocycles. The molecule has 0 aliphatic carbocycles. The Hall–Kier alpha value is -2.20. The van der Waals surface area contributed by atoms with Crippen LogP contribution >= 0.6 is 0 Å². The molecule has 1 fully saturated rings. The third-order valence-corrected chi connectivity index (χ3v) is 4.65. The van der Waals surface area contributed by atoms with E-state index in [0.717, 1.165) is 30.8 Å². The zero-order valence-electron chi connectivity index (χ0n) is 13.7. The minimum atomic E-state index is 0.508. The smallest absolute Gasteiger partial charge is 0.0705 e. The maximum absolute atomic E-state index is 4.58. The van der Waals surface area contributed by atoms with Gasteiger partial charge in [-0.05, 0) is 49.6 Å². The van der Waals surface area contributed by atoms with Crippen LogP contribution in [0.4, 0.5) is 0 Å². The maximum Gasteiger partial charge on any atom is 0.0705 e. The first-order valence-corrected chi connectivity index (χ1v) is 8.27. The molecule has 1 aliphatic heterocycles. The highest BCUT2D eigenvalue weighted by Gasteiger charge is 2.24. The lowest BCUT2D eigenvalue weighted by atomic mass is 10.1. The highest BCUT2D eigenvalue weighted by atomic mass is 15.3. The molecule has 0 saturated carbocycles. The van der Waals surface area contributed by atoms with E-state index in [0.29, 0.717) is 6.04 Å². The molecular formula is C19H22N4. The van der Waals surface area contributed by atoms with Gasteiger partial charge >= 0.3 is 0 Å². The summed E-state index contributed by atoms with van der Waals surface area (Å²) in [6.45, 7) is 7.34. The summed E-state index contributed by atoms with van der Waals surface area (Å²) in [4.78, 5) is 7.10. The molecule has 118 valence electrons. The molecule has 23 heavy (non-hydrogen) atoms. The van der Waals surface area contributed by atoms with Crippen molar-refractivity contribution in [2.75, 3.05) is 13.1 Å². The molecule has 4 nitrogen and oxygen atoms in total. The normalized spacial score (nSPS) is 18.8. The average molecular weight is 306 g/mol. The molecule has 1 aliphatic rings. The van der Waals surface area contributed by atoms with Gasteiger partial charge in [0.2, 0.25) is 0 Å². The molecule has 3 aromatic rings. The van der Waals surface area contributed by atoms with Crippen molar-refractivity contribution >= 4 is 10.9 Å². The first-order chi connectivity index (χ1) is 11.2. The van der Waals surface area contributed by atoms with Gasteiger partial charge in [0.1, 0.15) is 0 Å². The van der Waals surface area contributed by atoms with Crippen LogP contribution in [-0.4, -0.2) is 32.8 Å². The summed E-state index contributed by atoms with van der Waals surface area (Å²) in [6.07, 6.45) is 5.27. The molecule has 0 N–H and O–H groups in total. The van der Waals surface area contributed by atoms with E-state index < -0.39 is 0 Å². The second-order valence-corrected chi connectivity index (χ2v) is 6.65. The van der Waals surface area contributed by atoms with Crippen molar-refractivity contribution in [3.05, 3.63) is 59.5 Å². The molecule has 4 heteroatoms. The van der Waals surface area contributed by atoms with Gasteiger partial charge in [0.25, 0.3) is 0 Å². The van der Waals surface area contributed by atoms with Crippen molar-refractivity contribution in [1.82, 2.24) is 19.7 Å². The third kappa shape index (κ3) is 2.99. The number of hydrogen-bond acceptors (Lipinski definition) is 3. The Balaban J connectivity index is 1.47. The molecule has 1 unspecified atom stereocenters. The Morgan fingerprint density at radius 2 is 2.09 bits per heavy atom. The second-order valence-electron chi connectivity index (χ2n) is 6.65. The molecular weight excluding hydrogens is 284 g/mol. The molecule has 0 spiro atoms. The fraction of sp³-hybridized carbons (Fsp3) is 0.368. The zero-order valence-corrected chi connectivity index (χ0v) is 13.7. The van der Waals surface area contributed by atoms with Crippen LogP contribution in [0.1, 0.15) is 29.3 Å². The van der Waals surface area contributed by atoms with Crippen LogP contribution in [0.3, 0.4) is 0 Å². The van der Waals surface area contributed by atoms with Gasteiger partial charge in [-0.1, -0.05) is 12.1 Å². The van der Waals surface area contributed by atoms with Crippen LogP contribution in [0.25, 0.3) is 10.9 Å². The van der Waals surface area contributed by atoms with Gasteiger partial charge in [0.05, 0.1) is 17.8 Å². The van der Waals surface area contributed by atoms with Crippen molar-refractivity contribution in [2.45, 2.75) is 32.9 Å². The van der Waals surface area contributed by atoms with Crippen molar-refractivity contribution in [2.24, 2.45) is 0 Å². The van der Waals surface area contributed by atoms with E-state index in [1.54, 1.807) is 0 Å². The van der Waals surface area contributed by atoms with Crippen molar-refractivity contribution in [3.63, 3.8) is 0 Å². The van der Waals surface area contributed by atoms with Crippen LogP contribution in [0.2, 0.25) is 0 Å². The Labute approximate surface area is 136 Å². The summed E-state index contributed by atoms with van der Waals surface area (Å²) < 4.78 is 2.13. The number of fused-ring (bicyclic) bond motifs is 1. The molecule has 0 amide bonds. The lowest BCUT2D eigenvalue weighted by Crippen LogP contribution is -2.21. The average Bonchev–Trinajstić information content (AvgIpc) is 3.16. The van der Waals surface area contributed by atoms with Gasteiger partial charge in [-0.2, -0.15) is 5.10 Å². The molecule has 4 rings (SSSR count). The van der Waals surface area contributed by atoms with E-state index >= 15 is 0 Å². The first kappa shape index (κ1) is 14.4. The lowest BCUT2D eigenvalue weighted by molar-refractivity contribution is 0.312. The molecule has 0 bridgehead atoms. The highest BCUT2D eigenvalue weighted by Crippen LogP contribution is 2.24. The minimum Gasteiger partial charge on any atom is -0.297 e. The number of nitrogens with zero attached hydrogens (tertiary/aromatic N) is 4. The van der Waals surface area contributed by atoms with Gasteiger partial charge in [-0.15, -0.1) is 0 Å². The number of aryl methyl sites for hydroxylation is 2. The molecule has 1 atom stereocenters. The number of likely N-dealkylation sites (tertiary alicyclic amines) is 1. The SMILES string of the molecule is Cc1cnn(C2CCN(Cc3ccc4nc(C)ccc4c3)C2)c1. The Kier molecular flexibility index (Phi) is 3.62. The highest BCUT2D eigenvalue weighted by molar-refractivity contribution is 5.79. The molecule has 3 heterocycles. The third-order valence-electron chi connectivity index (χ3n) is 4.65. The Bertz CT molecular complexity index is 836.